The lowest BCUT2D eigenvalue weighted by molar-refractivity contribution is -0.142. The number of amides is 1. The molecule has 0 aromatic heterocycles. The summed E-state index contributed by atoms with van der Waals surface area (Å²) in [7, 11) is 0. The van der Waals surface area contributed by atoms with Crippen LogP contribution < -0.4 is 15.8 Å². The van der Waals surface area contributed by atoms with Crippen LogP contribution in [0.4, 0.5) is 4.79 Å². The van der Waals surface area contributed by atoms with Crippen molar-refractivity contribution in [3.05, 3.63) is 42.5 Å². The molecule has 7 heteroatoms. The summed E-state index contributed by atoms with van der Waals surface area (Å²) in [6.45, 7) is 12.5. The molecule has 0 heterocycles. The van der Waals surface area contributed by atoms with E-state index in [1.165, 1.54) is 0 Å². The first-order valence-electron chi connectivity index (χ1n) is 10.3. The van der Waals surface area contributed by atoms with Gasteiger partial charge in [0.1, 0.15) is 19.0 Å². The molecule has 30 heavy (non-hydrogen) atoms. The van der Waals surface area contributed by atoms with Crippen LogP contribution in [-0.2, 0) is 14.3 Å². The van der Waals surface area contributed by atoms with Gasteiger partial charge in [0.25, 0.3) is 0 Å². The second kappa shape index (κ2) is 12.9. The molecular formula is C23H36N2O5. The minimum atomic E-state index is -0.757. The van der Waals surface area contributed by atoms with Crippen LogP contribution in [0.2, 0.25) is 0 Å². The quantitative estimate of drug-likeness (QED) is 0.373. The van der Waals surface area contributed by atoms with Gasteiger partial charge in [-0.25, -0.2) is 9.59 Å². The monoisotopic (exact) mass is 420 g/mol. The third kappa shape index (κ3) is 10.9. The third-order valence-corrected chi connectivity index (χ3v) is 4.47. The summed E-state index contributed by atoms with van der Waals surface area (Å²) in [5.41, 5.74) is 5.79. The Bertz CT molecular complexity index is 675. The fraction of sp³-hybridized carbons (Fsp3) is 0.565. The Morgan fingerprint density at radius 2 is 1.87 bits per heavy atom. The van der Waals surface area contributed by atoms with Crippen molar-refractivity contribution in [3.8, 4) is 5.75 Å². The second-order valence-electron chi connectivity index (χ2n) is 8.43. The maximum atomic E-state index is 12.3. The van der Waals surface area contributed by atoms with E-state index in [1.807, 2.05) is 18.2 Å². The molecule has 0 fully saturated rings. The molecule has 168 valence electrons. The number of benzene rings is 1. The van der Waals surface area contributed by atoms with Crippen LogP contribution in [0.3, 0.4) is 0 Å². The molecule has 1 aromatic rings. The highest BCUT2D eigenvalue weighted by molar-refractivity contribution is 5.86. The maximum absolute atomic E-state index is 12.3. The molecule has 0 aliphatic heterocycles. The SMILES string of the molecule is C=C(C)C(=O)OCC(COc1ccccc1)OC(=O)NCC(C)(C)CC(C)CCN. The summed E-state index contributed by atoms with van der Waals surface area (Å²) in [5.74, 6) is 0.558. The number of hydrogen-bond acceptors (Lipinski definition) is 6. The Morgan fingerprint density at radius 3 is 2.47 bits per heavy atom. The van der Waals surface area contributed by atoms with Crippen molar-refractivity contribution in [1.29, 1.82) is 0 Å². The van der Waals surface area contributed by atoms with Gasteiger partial charge in [-0.05, 0) is 49.8 Å². The van der Waals surface area contributed by atoms with E-state index in [0.29, 0.717) is 24.8 Å². The molecule has 0 aliphatic carbocycles. The molecule has 0 bridgehead atoms. The van der Waals surface area contributed by atoms with E-state index in [0.717, 1.165) is 12.8 Å². The van der Waals surface area contributed by atoms with E-state index in [9.17, 15) is 9.59 Å². The average molecular weight is 421 g/mol. The van der Waals surface area contributed by atoms with Crippen molar-refractivity contribution < 1.29 is 23.8 Å². The molecule has 1 aromatic carbocycles. The standard InChI is InChI=1S/C23H36N2O5/c1-17(2)21(26)29-15-20(14-28-19-9-7-6-8-10-19)30-22(27)25-16-23(4,5)13-18(3)11-12-24/h6-10,18,20H,1,11-16,24H2,2-5H3,(H,25,27). The molecule has 0 aliphatic rings. The lowest BCUT2D eigenvalue weighted by atomic mass is 9.82. The molecule has 0 spiro atoms. The maximum Gasteiger partial charge on any atom is 0.407 e. The summed E-state index contributed by atoms with van der Waals surface area (Å²) in [6.07, 6.45) is 0.539. The Balaban J connectivity index is 2.59. The zero-order valence-corrected chi connectivity index (χ0v) is 18.6. The van der Waals surface area contributed by atoms with E-state index in [1.54, 1.807) is 19.1 Å². The lowest BCUT2D eigenvalue weighted by Crippen LogP contribution is -2.39. The van der Waals surface area contributed by atoms with Crippen molar-refractivity contribution in [3.63, 3.8) is 0 Å². The molecular weight excluding hydrogens is 384 g/mol. The van der Waals surface area contributed by atoms with Crippen molar-refractivity contribution in [2.45, 2.75) is 46.6 Å². The topological polar surface area (TPSA) is 99.9 Å². The number of nitrogens with one attached hydrogen (secondary N) is 1. The fourth-order valence-corrected chi connectivity index (χ4v) is 3.02. The number of para-hydroxylation sites is 1. The highest BCUT2D eigenvalue weighted by Crippen LogP contribution is 2.26. The molecule has 7 nitrogen and oxygen atoms in total. The van der Waals surface area contributed by atoms with Crippen LogP contribution in [0.1, 0.15) is 40.5 Å². The first-order chi connectivity index (χ1) is 14.1. The molecule has 1 rings (SSSR count). The second-order valence-corrected chi connectivity index (χ2v) is 8.43. The molecule has 2 unspecified atom stereocenters. The first-order valence-corrected chi connectivity index (χ1v) is 10.3. The predicted octanol–water partition coefficient (Wildman–Crippen LogP) is 3.68. The number of ether oxygens (including phenoxy) is 3. The summed E-state index contributed by atoms with van der Waals surface area (Å²) < 4.78 is 16.2. The van der Waals surface area contributed by atoms with Gasteiger partial charge in [-0.1, -0.05) is 45.5 Å². The third-order valence-electron chi connectivity index (χ3n) is 4.47. The number of rotatable bonds is 13. The van der Waals surface area contributed by atoms with Crippen LogP contribution in [0.25, 0.3) is 0 Å². The number of nitrogens with two attached hydrogens (primary N) is 1. The van der Waals surface area contributed by atoms with Gasteiger partial charge in [-0.15, -0.1) is 0 Å². The van der Waals surface area contributed by atoms with Gasteiger partial charge in [-0.2, -0.15) is 0 Å². The van der Waals surface area contributed by atoms with Gasteiger partial charge < -0.3 is 25.3 Å². The van der Waals surface area contributed by atoms with Gasteiger partial charge in [-0.3, -0.25) is 0 Å². The number of esters is 1. The van der Waals surface area contributed by atoms with Crippen molar-refractivity contribution in [2.24, 2.45) is 17.1 Å². The Hall–Kier alpha value is -2.54. The number of hydrogen-bond donors (Lipinski definition) is 2. The summed E-state index contributed by atoms with van der Waals surface area (Å²) in [6, 6.07) is 9.14. The number of carbonyl (C=O) groups excluding carboxylic acids is 2. The van der Waals surface area contributed by atoms with Gasteiger partial charge in [0.2, 0.25) is 0 Å². The van der Waals surface area contributed by atoms with E-state index in [4.69, 9.17) is 19.9 Å². The van der Waals surface area contributed by atoms with E-state index in [2.05, 4.69) is 32.7 Å². The summed E-state index contributed by atoms with van der Waals surface area (Å²) in [5, 5.41) is 2.80. The van der Waals surface area contributed by atoms with Crippen molar-refractivity contribution in [1.82, 2.24) is 5.32 Å². The smallest absolute Gasteiger partial charge is 0.407 e. The fourth-order valence-electron chi connectivity index (χ4n) is 3.02. The van der Waals surface area contributed by atoms with Crippen molar-refractivity contribution in [2.75, 3.05) is 26.3 Å². The van der Waals surface area contributed by atoms with E-state index in [-0.39, 0.29) is 24.2 Å². The number of carbonyl (C=O) groups is 2. The lowest BCUT2D eigenvalue weighted by Gasteiger charge is -2.28. The highest BCUT2D eigenvalue weighted by atomic mass is 16.6. The van der Waals surface area contributed by atoms with Crippen LogP contribution in [0.15, 0.2) is 42.5 Å². The van der Waals surface area contributed by atoms with Crippen LogP contribution in [0, 0.1) is 11.3 Å². The normalized spacial score (nSPS) is 13.1. The Kier molecular flexibility index (Phi) is 11.0. The van der Waals surface area contributed by atoms with Crippen molar-refractivity contribution >= 4 is 12.1 Å². The van der Waals surface area contributed by atoms with Gasteiger partial charge in [0, 0.05) is 12.1 Å². The predicted molar refractivity (Wildman–Crippen MR) is 117 cm³/mol. The Labute approximate surface area is 179 Å². The Morgan fingerprint density at radius 1 is 1.20 bits per heavy atom. The van der Waals surface area contributed by atoms with E-state index < -0.39 is 18.2 Å². The molecule has 0 radical (unpaired) electrons. The zero-order chi connectivity index (χ0) is 22.6. The molecule has 2 atom stereocenters. The number of alkyl carbamates (subject to hydrolysis) is 1. The zero-order valence-electron chi connectivity index (χ0n) is 18.6. The molecule has 0 saturated carbocycles. The van der Waals surface area contributed by atoms with Crippen LogP contribution in [0.5, 0.6) is 5.75 Å². The summed E-state index contributed by atoms with van der Waals surface area (Å²) >= 11 is 0. The summed E-state index contributed by atoms with van der Waals surface area (Å²) in [4.78, 5) is 24.0. The highest BCUT2D eigenvalue weighted by Gasteiger charge is 2.24. The van der Waals surface area contributed by atoms with E-state index >= 15 is 0 Å². The molecule has 1 amide bonds. The average Bonchev–Trinajstić information content (AvgIpc) is 2.68. The van der Waals surface area contributed by atoms with Gasteiger partial charge >= 0.3 is 12.1 Å². The van der Waals surface area contributed by atoms with Gasteiger partial charge in [0.05, 0.1) is 0 Å². The minimum absolute atomic E-state index is 0.0534. The largest absolute Gasteiger partial charge is 0.490 e. The molecule has 0 saturated heterocycles. The molecule has 3 N–H and O–H groups in total. The minimum Gasteiger partial charge on any atom is -0.490 e. The van der Waals surface area contributed by atoms with Crippen LogP contribution >= 0.6 is 0 Å². The van der Waals surface area contributed by atoms with Gasteiger partial charge in [0.15, 0.2) is 6.10 Å². The first kappa shape index (κ1) is 25.5. The van der Waals surface area contributed by atoms with Crippen LogP contribution in [-0.4, -0.2) is 44.5 Å².